The highest BCUT2D eigenvalue weighted by Crippen LogP contribution is 2.37. The van der Waals surface area contributed by atoms with Gasteiger partial charge < -0.3 is 10.6 Å². The standard InChI is InChI=1S/C16H20N8O/c1-3-4-6-16(22-23-16)7-5-13(25)17-8-9-18-14-12-10-21-24(2)15(12)20-11-19-14/h1,10-11H,4-9H2,2H3,(H,17,25)(H,18,19,20). The van der Waals surface area contributed by atoms with Crippen LogP contribution in [0.2, 0.25) is 0 Å². The van der Waals surface area contributed by atoms with Gasteiger partial charge in [0, 0.05) is 45.8 Å². The molecule has 1 aliphatic heterocycles. The average molecular weight is 340 g/mol. The molecule has 3 rings (SSSR count). The van der Waals surface area contributed by atoms with Gasteiger partial charge in [-0.1, -0.05) is 0 Å². The van der Waals surface area contributed by atoms with Crippen LogP contribution in [0.25, 0.3) is 11.0 Å². The molecule has 0 atom stereocenters. The summed E-state index contributed by atoms with van der Waals surface area (Å²) in [6.07, 6.45) is 10.8. The number of amides is 1. The lowest BCUT2D eigenvalue weighted by molar-refractivity contribution is -0.121. The van der Waals surface area contributed by atoms with E-state index in [9.17, 15) is 4.79 Å². The fourth-order valence-corrected chi connectivity index (χ4v) is 2.56. The van der Waals surface area contributed by atoms with E-state index >= 15 is 0 Å². The van der Waals surface area contributed by atoms with Crippen LogP contribution < -0.4 is 10.6 Å². The summed E-state index contributed by atoms with van der Waals surface area (Å²) in [5, 5.41) is 19.1. The highest BCUT2D eigenvalue weighted by molar-refractivity contribution is 5.86. The van der Waals surface area contributed by atoms with Crippen LogP contribution in [0.1, 0.15) is 25.7 Å². The van der Waals surface area contributed by atoms with Crippen molar-refractivity contribution in [3.05, 3.63) is 12.5 Å². The second-order valence-electron chi connectivity index (χ2n) is 5.89. The van der Waals surface area contributed by atoms with Crippen LogP contribution >= 0.6 is 0 Å². The molecule has 0 unspecified atom stereocenters. The van der Waals surface area contributed by atoms with Gasteiger partial charge in [-0.3, -0.25) is 9.48 Å². The molecule has 0 aliphatic carbocycles. The van der Waals surface area contributed by atoms with Crippen molar-refractivity contribution in [1.82, 2.24) is 25.1 Å². The Kier molecular flexibility index (Phi) is 4.88. The van der Waals surface area contributed by atoms with Crippen LogP contribution in [0, 0.1) is 12.3 Å². The number of anilines is 1. The lowest BCUT2D eigenvalue weighted by atomic mass is 10.0. The molecule has 0 saturated carbocycles. The quantitative estimate of drug-likeness (QED) is 0.527. The monoisotopic (exact) mass is 340 g/mol. The molecule has 9 heteroatoms. The number of terminal acetylenes is 1. The first-order valence-electron chi connectivity index (χ1n) is 8.14. The number of aromatic nitrogens is 4. The fourth-order valence-electron chi connectivity index (χ4n) is 2.56. The van der Waals surface area contributed by atoms with Gasteiger partial charge in [0.05, 0.1) is 11.6 Å². The molecule has 0 saturated heterocycles. The van der Waals surface area contributed by atoms with Crippen molar-refractivity contribution in [3.8, 4) is 12.3 Å². The molecule has 1 amide bonds. The van der Waals surface area contributed by atoms with E-state index < -0.39 is 5.66 Å². The van der Waals surface area contributed by atoms with Crippen molar-refractivity contribution in [1.29, 1.82) is 0 Å². The minimum Gasteiger partial charge on any atom is -0.368 e. The van der Waals surface area contributed by atoms with Crippen molar-refractivity contribution in [2.24, 2.45) is 17.3 Å². The van der Waals surface area contributed by atoms with Crippen molar-refractivity contribution in [2.75, 3.05) is 18.4 Å². The van der Waals surface area contributed by atoms with E-state index in [0.717, 1.165) is 11.0 Å². The molecule has 3 heterocycles. The lowest BCUT2D eigenvalue weighted by Gasteiger charge is -2.10. The number of fused-ring (bicyclic) bond motifs is 1. The molecule has 2 aromatic rings. The predicted octanol–water partition coefficient (Wildman–Crippen LogP) is 1.25. The Balaban J connectivity index is 1.38. The minimum atomic E-state index is -0.408. The largest absolute Gasteiger partial charge is 0.368 e. The van der Waals surface area contributed by atoms with Gasteiger partial charge in [-0.15, -0.1) is 12.3 Å². The molecule has 1 aliphatic rings. The highest BCUT2D eigenvalue weighted by atomic mass is 16.1. The molecule has 25 heavy (non-hydrogen) atoms. The van der Waals surface area contributed by atoms with Crippen molar-refractivity contribution >= 4 is 22.8 Å². The van der Waals surface area contributed by atoms with E-state index in [1.165, 1.54) is 6.33 Å². The maximum absolute atomic E-state index is 11.9. The molecule has 2 aromatic heterocycles. The van der Waals surface area contributed by atoms with Crippen LogP contribution in [0.4, 0.5) is 5.82 Å². The first-order valence-corrected chi connectivity index (χ1v) is 8.14. The van der Waals surface area contributed by atoms with E-state index in [4.69, 9.17) is 6.42 Å². The van der Waals surface area contributed by atoms with E-state index in [0.29, 0.717) is 44.6 Å². The number of hydrogen-bond donors (Lipinski definition) is 2. The van der Waals surface area contributed by atoms with Crippen LogP contribution in [0.5, 0.6) is 0 Å². The van der Waals surface area contributed by atoms with Gasteiger partial charge in [-0.25, -0.2) is 9.97 Å². The van der Waals surface area contributed by atoms with Crippen molar-refractivity contribution < 1.29 is 4.79 Å². The zero-order valence-corrected chi connectivity index (χ0v) is 14.1. The van der Waals surface area contributed by atoms with E-state index in [1.54, 1.807) is 10.9 Å². The zero-order valence-electron chi connectivity index (χ0n) is 14.1. The Hall–Kier alpha value is -3.02. The Morgan fingerprint density at radius 3 is 2.92 bits per heavy atom. The van der Waals surface area contributed by atoms with E-state index in [-0.39, 0.29) is 5.91 Å². The highest BCUT2D eigenvalue weighted by Gasteiger charge is 2.39. The van der Waals surface area contributed by atoms with Gasteiger partial charge in [0.15, 0.2) is 11.3 Å². The molecule has 0 bridgehead atoms. The Morgan fingerprint density at radius 1 is 1.32 bits per heavy atom. The minimum absolute atomic E-state index is 0.0200. The van der Waals surface area contributed by atoms with Crippen LogP contribution in [0.15, 0.2) is 22.8 Å². The maximum Gasteiger partial charge on any atom is 0.220 e. The Bertz CT molecular complexity index is 828. The Morgan fingerprint density at radius 2 is 2.16 bits per heavy atom. The lowest BCUT2D eigenvalue weighted by Crippen LogP contribution is -2.29. The van der Waals surface area contributed by atoms with Gasteiger partial charge >= 0.3 is 0 Å². The maximum atomic E-state index is 11.9. The summed E-state index contributed by atoms with van der Waals surface area (Å²) in [6, 6.07) is 0. The molecule has 0 spiro atoms. The smallest absolute Gasteiger partial charge is 0.220 e. The van der Waals surface area contributed by atoms with Crippen molar-refractivity contribution in [2.45, 2.75) is 31.3 Å². The third-order valence-corrected chi connectivity index (χ3v) is 4.07. The number of nitrogens with zero attached hydrogens (tertiary/aromatic N) is 6. The summed E-state index contributed by atoms with van der Waals surface area (Å²) in [5.41, 5.74) is 0.352. The fraction of sp³-hybridized carbons (Fsp3) is 0.500. The van der Waals surface area contributed by atoms with Crippen molar-refractivity contribution in [3.63, 3.8) is 0 Å². The molecule has 0 aromatic carbocycles. The number of carbonyl (C=O) groups excluding carboxylic acids is 1. The summed E-state index contributed by atoms with van der Waals surface area (Å²) in [6.45, 7) is 1.06. The number of nitrogens with one attached hydrogen (secondary N) is 2. The summed E-state index contributed by atoms with van der Waals surface area (Å²) in [7, 11) is 1.83. The zero-order chi connectivity index (χ0) is 17.7. The summed E-state index contributed by atoms with van der Waals surface area (Å²) >= 11 is 0. The average Bonchev–Trinajstić information content (AvgIpc) is 3.30. The molecular formula is C16H20N8O. The molecular weight excluding hydrogens is 320 g/mol. The van der Waals surface area contributed by atoms with E-state index in [2.05, 4.69) is 41.8 Å². The molecule has 130 valence electrons. The van der Waals surface area contributed by atoms with Gasteiger partial charge in [0.1, 0.15) is 12.1 Å². The summed E-state index contributed by atoms with van der Waals surface area (Å²) < 4.78 is 1.69. The SMILES string of the molecule is C#CCCC1(CCC(=O)NCCNc2ncnc3c2cnn3C)N=N1. The second kappa shape index (κ2) is 7.25. The number of carbonyl (C=O) groups is 1. The molecule has 0 radical (unpaired) electrons. The normalized spacial score (nSPS) is 14.2. The van der Waals surface area contributed by atoms with E-state index in [1.807, 2.05) is 7.05 Å². The van der Waals surface area contributed by atoms with Crippen LogP contribution in [-0.4, -0.2) is 44.4 Å². The first-order chi connectivity index (χ1) is 12.1. The predicted molar refractivity (Wildman–Crippen MR) is 92.7 cm³/mol. The van der Waals surface area contributed by atoms with Crippen LogP contribution in [0.3, 0.4) is 0 Å². The third kappa shape index (κ3) is 4.09. The van der Waals surface area contributed by atoms with Gasteiger partial charge in [0.25, 0.3) is 0 Å². The molecule has 9 nitrogen and oxygen atoms in total. The number of rotatable bonds is 9. The van der Waals surface area contributed by atoms with Gasteiger partial charge in [-0.05, 0) is 0 Å². The molecule has 0 fully saturated rings. The van der Waals surface area contributed by atoms with Gasteiger partial charge in [0.2, 0.25) is 5.91 Å². The Labute approximate surface area is 145 Å². The van der Waals surface area contributed by atoms with Gasteiger partial charge in [-0.2, -0.15) is 15.3 Å². The third-order valence-electron chi connectivity index (χ3n) is 4.07. The van der Waals surface area contributed by atoms with Crippen LogP contribution in [-0.2, 0) is 11.8 Å². The second-order valence-corrected chi connectivity index (χ2v) is 5.89. The summed E-state index contributed by atoms with van der Waals surface area (Å²) in [4.78, 5) is 20.3. The number of hydrogen-bond acceptors (Lipinski definition) is 7. The number of aryl methyl sites for hydroxylation is 1. The first kappa shape index (κ1) is 16.8. The topological polar surface area (TPSA) is 109 Å². The summed E-state index contributed by atoms with van der Waals surface area (Å²) in [5.74, 6) is 3.26. The molecule has 2 N–H and O–H groups in total.